The Morgan fingerprint density at radius 2 is 1.83 bits per heavy atom. The van der Waals surface area contributed by atoms with Gasteiger partial charge in [-0.1, -0.05) is 24.3 Å². The highest BCUT2D eigenvalue weighted by Gasteiger charge is 2.31. The van der Waals surface area contributed by atoms with Gasteiger partial charge in [-0.2, -0.15) is 0 Å². The number of hydrogen-bond donors (Lipinski definition) is 2. The van der Waals surface area contributed by atoms with E-state index in [1.54, 1.807) is 36.4 Å². The first-order chi connectivity index (χ1) is 14.4. The first-order valence-electron chi connectivity index (χ1n) is 9.29. The highest BCUT2D eigenvalue weighted by Crippen LogP contribution is 2.37. The molecular weight excluding hydrogens is 404 g/mol. The zero-order chi connectivity index (χ0) is 21.3. The van der Waals surface area contributed by atoms with Gasteiger partial charge in [0.05, 0.1) is 17.7 Å². The topological polar surface area (TPSA) is 95.9 Å². The van der Waals surface area contributed by atoms with Crippen LogP contribution in [0.2, 0.25) is 0 Å². The number of methoxy groups -OCH3 is 1. The third-order valence-electron chi connectivity index (χ3n) is 4.97. The Hall–Kier alpha value is -3.52. The lowest BCUT2D eigenvalue weighted by Crippen LogP contribution is -2.29. The molecule has 1 amide bonds. The van der Waals surface area contributed by atoms with Crippen LogP contribution in [0.3, 0.4) is 0 Å². The molecule has 0 saturated carbocycles. The molecule has 0 fully saturated rings. The first-order valence-corrected chi connectivity index (χ1v) is 10.7. The Kier molecular flexibility index (Phi) is 5.09. The van der Waals surface area contributed by atoms with Crippen molar-refractivity contribution in [2.24, 2.45) is 0 Å². The molecule has 1 heterocycles. The zero-order valence-electron chi connectivity index (χ0n) is 16.2. The highest BCUT2D eigenvalue weighted by atomic mass is 32.2. The summed E-state index contributed by atoms with van der Waals surface area (Å²) in [6.45, 7) is 0.278. The number of nitrogens with zero attached hydrogens (tertiary/aromatic N) is 1. The minimum absolute atomic E-state index is 0.0348. The van der Waals surface area contributed by atoms with Gasteiger partial charge in [-0.25, -0.2) is 8.42 Å². The number of anilines is 2. The maximum atomic E-state index is 13.2. The van der Waals surface area contributed by atoms with Gasteiger partial charge in [-0.05, 0) is 48.4 Å². The van der Waals surface area contributed by atoms with Gasteiger partial charge in [-0.15, -0.1) is 0 Å². The van der Waals surface area contributed by atoms with Crippen LogP contribution < -0.4 is 14.4 Å². The molecule has 3 aromatic carbocycles. The molecule has 0 atom stereocenters. The summed E-state index contributed by atoms with van der Waals surface area (Å²) in [4.78, 5) is 12.4. The van der Waals surface area contributed by atoms with Crippen LogP contribution in [-0.4, -0.2) is 33.1 Å². The number of phenolic OH excluding ortho intramolecular Hbond substituents is 1. The van der Waals surface area contributed by atoms with Crippen molar-refractivity contribution in [2.45, 2.75) is 11.3 Å². The standard InChI is InChI=1S/C22H20N2O5S/c1-29-21-10-9-18(14-20(21)25)30(27,28)24-12-11-15-7-8-17(13-19(15)24)23-22(26)16-5-3-2-4-6-16/h2-10,13-14,25H,11-12H2,1H3,(H,23,26). The summed E-state index contributed by atoms with van der Waals surface area (Å²) in [6, 6.07) is 18.0. The largest absolute Gasteiger partial charge is 0.504 e. The highest BCUT2D eigenvalue weighted by molar-refractivity contribution is 7.92. The van der Waals surface area contributed by atoms with E-state index in [-0.39, 0.29) is 28.8 Å². The molecule has 2 N–H and O–H groups in total. The van der Waals surface area contributed by atoms with Crippen LogP contribution in [0.5, 0.6) is 11.5 Å². The average Bonchev–Trinajstić information content (AvgIpc) is 3.18. The predicted octanol–water partition coefficient (Wildman–Crippen LogP) is 3.40. The molecule has 8 heteroatoms. The number of nitrogens with one attached hydrogen (secondary N) is 1. The number of aromatic hydroxyl groups is 1. The van der Waals surface area contributed by atoms with Gasteiger partial charge in [-0.3, -0.25) is 9.10 Å². The molecule has 0 saturated heterocycles. The van der Waals surface area contributed by atoms with Crippen LogP contribution in [0.4, 0.5) is 11.4 Å². The molecule has 4 rings (SSSR count). The van der Waals surface area contributed by atoms with E-state index in [0.717, 1.165) is 5.56 Å². The molecular formula is C22H20N2O5S. The Bertz CT molecular complexity index is 1210. The molecule has 1 aliphatic rings. The second kappa shape index (κ2) is 7.72. The first kappa shape index (κ1) is 19.8. The second-order valence-electron chi connectivity index (χ2n) is 6.82. The van der Waals surface area contributed by atoms with E-state index in [1.807, 2.05) is 12.1 Å². The number of sulfonamides is 1. The van der Waals surface area contributed by atoms with Crippen molar-refractivity contribution in [2.75, 3.05) is 23.3 Å². The fourth-order valence-corrected chi connectivity index (χ4v) is 4.94. The van der Waals surface area contributed by atoms with Crippen LogP contribution in [0, 0.1) is 0 Å². The molecule has 1 aliphatic heterocycles. The summed E-state index contributed by atoms with van der Waals surface area (Å²) in [5.41, 5.74) is 2.39. The quantitative estimate of drug-likeness (QED) is 0.654. The molecule has 154 valence electrons. The maximum absolute atomic E-state index is 13.2. The Morgan fingerprint density at radius 3 is 2.53 bits per heavy atom. The fourth-order valence-electron chi connectivity index (χ4n) is 3.43. The van der Waals surface area contributed by atoms with Gasteiger partial charge in [0.15, 0.2) is 11.5 Å². The smallest absolute Gasteiger partial charge is 0.264 e. The Balaban J connectivity index is 1.64. The summed E-state index contributed by atoms with van der Waals surface area (Å²) in [5, 5.41) is 12.8. The number of phenols is 1. The SMILES string of the molecule is COc1ccc(S(=O)(=O)N2CCc3ccc(NC(=O)c4ccccc4)cc32)cc1O. The number of hydrogen-bond acceptors (Lipinski definition) is 5. The number of rotatable bonds is 5. The van der Waals surface area contributed by atoms with Crippen LogP contribution in [-0.2, 0) is 16.4 Å². The zero-order valence-corrected chi connectivity index (χ0v) is 17.0. The summed E-state index contributed by atoms with van der Waals surface area (Å²) < 4.78 is 32.7. The molecule has 0 bridgehead atoms. The van der Waals surface area contributed by atoms with Gasteiger partial charge >= 0.3 is 0 Å². The number of fused-ring (bicyclic) bond motifs is 1. The lowest BCUT2D eigenvalue weighted by Gasteiger charge is -2.20. The Labute approximate surface area is 174 Å². The van der Waals surface area contributed by atoms with Crippen molar-refractivity contribution in [1.29, 1.82) is 0 Å². The van der Waals surface area contributed by atoms with Gasteiger partial charge in [0.25, 0.3) is 15.9 Å². The summed E-state index contributed by atoms with van der Waals surface area (Å²) in [6.07, 6.45) is 0.559. The van der Waals surface area contributed by atoms with E-state index in [4.69, 9.17) is 4.74 Å². The van der Waals surface area contributed by atoms with Gasteiger partial charge in [0.2, 0.25) is 0 Å². The predicted molar refractivity (Wildman–Crippen MR) is 114 cm³/mol. The fraction of sp³-hybridized carbons (Fsp3) is 0.136. The molecule has 7 nitrogen and oxygen atoms in total. The summed E-state index contributed by atoms with van der Waals surface area (Å²) in [5.74, 6) is -0.327. The van der Waals surface area contributed by atoms with E-state index in [2.05, 4.69) is 5.32 Å². The minimum atomic E-state index is -3.89. The number of carbonyl (C=O) groups is 1. The van der Waals surface area contributed by atoms with Gasteiger partial charge in [0.1, 0.15) is 0 Å². The normalized spacial score (nSPS) is 13.0. The van der Waals surface area contributed by atoms with E-state index in [9.17, 15) is 18.3 Å². The molecule has 3 aromatic rings. The van der Waals surface area contributed by atoms with Crippen LogP contribution in [0.25, 0.3) is 0 Å². The second-order valence-corrected chi connectivity index (χ2v) is 8.69. The van der Waals surface area contributed by atoms with Crippen LogP contribution >= 0.6 is 0 Å². The lowest BCUT2D eigenvalue weighted by molar-refractivity contribution is 0.102. The van der Waals surface area contributed by atoms with E-state index < -0.39 is 10.0 Å². The Morgan fingerprint density at radius 1 is 1.07 bits per heavy atom. The monoisotopic (exact) mass is 424 g/mol. The van der Waals surface area contributed by atoms with Crippen LogP contribution in [0.15, 0.2) is 71.6 Å². The molecule has 0 aliphatic carbocycles. The van der Waals surface area contributed by atoms with Crippen molar-refractivity contribution < 1.29 is 23.1 Å². The number of carbonyl (C=O) groups excluding carboxylic acids is 1. The van der Waals surface area contributed by atoms with E-state index >= 15 is 0 Å². The minimum Gasteiger partial charge on any atom is -0.504 e. The van der Waals surface area contributed by atoms with Crippen molar-refractivity contribution in [1.82, 2.24) is 0 Å². The van der Waals surface area contributed by atoms with Gasteiger partial charge < -0.3 is 15.2 Å². The van der Waals surface area contributed by atoms with Crippen LogP contribution in [0.1, 0.15) is 15.9 Å². The average molecular weight is 424 g/mol. The van der Waals surface area contributed by atoms with E-state index in [0.29, 0.717) is 23.4 Å². The third-order valence-corrected chi connectivity index (χ3v) is 6.78. The number of amides is 1. The van der Waals surface area contributed by atoms with Crippen molar-refractivity contribution >= 4 is 27.3 Å². The van der Waals surface area contributed by atoms with Gasteiger partial charge in [0, 0.05) is 23.9 Å². The molecule has 0 spiro atoms. The summed E-state index contributed by atoms with van der Waals surface area (Å²) in [7, 11) is -2.50. The molecule has 0 radical (unpaired) electrons. The summed E-state index contributed by atoms with van der Waals surface area (Å²) >= 11 is 0. The van der Waals surface area contributed by atoms with E-state index in [1.165, 1.54) is 29.6 Å². The number of ether oxygens (including phenoxy) is 1. The van der Waals surface area contributed by atoms with Crippen molar-refractivity contribution in [3.05, 3.63) is 77.9 Å². The van der Waals surface area contributed by atoms with Crippen molar-refractivity contribution in [3.63, 3.8) is 0 Å². The maximum Gasteiger partial charge on any atom is 0.264 e. The molecule has 0 aromatic heterocycles. The molecule has 30 heavy (non-hydrogen) atoms. The van der Waals surface area contributed by atoms with Crippen molar-refractivity contribution in [3.8, 4) is 11.5 Å². The molecule has 0 unspecified atom stereocenters. The lowest BCUT2D eigenvalue weighted by atomic mass is 10.1. The number of benzene rings is 3. The third kappa shape index (κ3) is 3.57.